The molecule has 0 saturated carbocycles. The third-order valence-electron chi connectivity index (χ3n) is 5.67. The average molecular weight is 476 g/mol. The number of benzene rings is 3. The summed E-state index contributed by atoms with van der Waals surface area (Å²) in [5.74, 6) is 2.11. The number of likely N-dealkylation sites (N-methyl/N-ethyl adjacent to an activating group) is 1. The smallest absolute Gasteiger partial charge is 0.260 e. The lowest BCUT2D eigenvalue weighted by molar-refractivity contribution is 0.0984. The summed E-state index contributed by atoms with van der Waals surface area (Å²) in [7, 11) is 1.64. The molecule has 0 unspecified atom stereocenters. The lowest BCUT2D eigenvalue weighted by Gasteiger charge is -2.24. The molecule has 0 aliphatic rings. The quantitative estimate of drug-likeness (QED) is 0.278. The van der Waals surface area contributed by atoms with Crippen molar-refractivity contribution in [2.24, 2.45) is 0 Å². The summed E-state index contributed by atoms with van der Waals surface area (Å²) in [6.07, 6.45) is 0. The van der Waals surface area contributed by atoms with Crippen molar-refractivity contribution >= 4 is 32.6 Å². The molecule has 6 nitrogen and oxygen atoms in total. The Hall–Kier alpha value is -3.42. The van der Waals surface area contributed by atoms with Gasteiger partial charge in [0.2, 0.25) is 0 Å². The molecule has 4 rings (SSSR count). The molecule has 0 bridgehead atoms. The van der Waals surface area contributed by atoms with Crippen molar-refractivity contribution in [1.29, 1.82) is 0 Å². The Morgan fingerprint density at radius 1 is 0.882 bits per heavy atom. The molecule has 0 aliphatic carbocycles. The summed E-state index contributed by atoms with van der Waals surface area (Å²) in [4.78, 5) is 22.5. The molecule has 0 spiro atoms. The van der Waals surface area contributed by atoms with Gasteiger partial charge in [-0.2, -0.15) is 0 Å². The fourth-order valence-electron chi connectivity index (χ4n) is 3.65. The molecule has 0 saturated heterocycles. The summed E-state index contributed by atoms with van der Waals surface area (Å²) in [5, 5.41) is 0.685. The predicted octanol–water partition coefficient (Wildman–Crippen LogP) is 6.09. The van der Waals surface area contributed by atoms with Crippen molar-refractivity contribution in [3.63, 3.8) is 0 Å². The Kier molecular flexibility index (Phi) is 7.77. The standard InChI is InChI=1S/C27H29N3O3S/c1-4-29(5-2)17-18-30(27-28-24-19-23(32-3)15-16-25(24)34-27)26(31)20-11-13-22(14-12-20)33-21-9-7-6-8-10-21/h6-16,19H,4-5,17-18H2,1-3H3. The van der Waals surface area contributed by atoms with Gasteiger partial charge >= 0.3 is 0 Å². The van der Waals surface area contributed by atoms with Gasteiger partial charge in [0, 0.05) is 24.7 Å². The van der Waals surface area contributed by atoms with Crippen molar-refractivity contribution in [2.75, 3.05) is 38.2 Å². The molecule has 1 aromatic heterocycles. The van der Waals surface area contributed by atoms with Crippen LogP contribution in [-0.4, -0.2) is 49.1 Å². The molecule has 0 radical (unpaired) electrons. The van der Waals surface area contributed by atoms with E-state index in [1.54, 1.807) is 24.1 Å². The highest BCUT2D eigenvalue weighted by molar-refractivity contribution is 7.22. The number of carbonyl (C=O) groups excluding carboxylic acids is 1. The second kappa shape index (κ2) is 11.1. The Morgan fingerprint density at radius 2 is 1.56 bits per heavy atom. The molecule has 1 heterocycles. The van der Waals surface area contributed by atoms with Crippen LogP contribution < -0.4 is 14.4 Å². The zero-order chi connectivity index (χ0) is 23.9. The first-order valence-corrected chi connectivity index (χ1v) is 12.2. The van der Waals surface area contributed by atoms with Crippen molar-refractivity contribution < 1.29 is 14.3 Å². The minimum Gasteiger partial charge on any atom is -0.497 e. The summed E-state index contributed by atoms with van der Waals surface area (Å²) in [6.45, 7) is 7.45. The molecular formula is C27H29N3O3S. The maximum atomic E-state index is 13.6. The van der Waals surface area contributed by atoms with Crippen molar-refractivity contribution in [2.45, 2.75) is 13.8 Å². The van der Waals surface area contributed by atoms with Gasteiger partial charge in [0.1, 0.15) is 17.2 Å². The Labute approximate surface area is 204 Å². The maximum absolute atomic E-state index is 13.6. The van der Waals surface area contributed by atoms with Crippen LogP contribution in [0.2, 0.25) is 0 Å². The van der Waals surface area contributed by atoms with E-state index in [4.69, 9.17) is 14.5 Å². The molecule has 0 N–H and O–H groups in total. The van der Waals surface area contributed by atoms with Crippen LogP contribution in [0.1, 0.15) is 24.2 Å². The molecule has 7 heteroatoms. The van der Waals surface area contributed by atoms with Crippen LogP contribution in [0.25, 0.3) is 10.2 Å². The van der Waals surface area contributed by atoms with Crippen LogP contribution in [0.5, 0.6) is 17.2 Å². The molecule has 34 heavy (non-hydrogen) atoms. The van der Waals surface area contributed by atoms with E-state index < -0.39 is 0 Å². The Bertz CT molecular complexity index is 1220. The fraction of sp³-hybridized carbons (Fsp3) is 0.259. The van der Waals surface area contributed by atoms with Gasteiger partial charge in [-0.05, 0) is 61.6 Å². The van der Waals surface area contributed by atoms with Crippen LogP contribution in [-0.2, 0) is 0 Å². The van der Waals surface area contributed by atoms with E-state index in [0.717, 1.165) is 41.3 Å². The summed E-state index contributed by atoms with van der Waals surface area (Å²) in [5.41, 5.74) is 1.42. The number of hydrogen-bond acceptors (Lipinski definition) is 6. The fourth-order valence-corrected chi connectivity index (χ4v) is 4.62. The molecule has 0 aliphatic heterocycles. The number of amides is 1. The van der Waals surface area contributed by atoms with Gasteiger partial charge in [-0.15, -0.1) is 0 Å². The number of para-hydroxylation sites is 1. The van der Waals surface area contributed by atoms with E-state index in [9.17, 15) is 4.79 Å². The largest absolute Gasteiger partial charge is 0.497 e. The molecule has 4 aromatic rings. The third kappa shape index (κ3) is 5.55. The van der Waals surface area contributed by atoms with Gasteiger partial charge in [-0.25, -0.2) is 4.98 Å². The number of methoxy groups -OCH3 is 1. The number of hydrogen-bond donors (Lipinski definition) is 0. The molecule has 3 aromatic carbocycles. The van der Waals surface area contributed by atoms with Gasteiger partial charge < -0.3 is 14.4 Å². The highest BCUT2D eigenvalue weighted by atomic mass is 32.1. The van der Waals surface area contributed by atoms with Gasteiger partial charge in [0.15, 0.2) is 5.13 Å². The normalized spacial score (nSPS) is 11.1. The zero-order valence-electron chi connectivity index (χ0n) is 19.7. The van der Waals surface area contributed by atoms with Crippen LogP contribution >= 0.6 is 11.3 Å². The SMILES string of the molecule is CCN(CC)CCN(C(=O)c1ccc(Oc2ccccc2)cc1)c1nc2cc(OC)ccc2s1. The lowest BCUT2D eigenvalue weighted by Crippen LogP contribution is -2.38. The number of ether oxygens (including phenoxy) is 2. The van der Waals surface area contributed by atoms with Crippen molar-refractivity contribution in [3.8, 4) is 17.2 Å². The first-order chi connectivity index (χ1) is 16.6. The van der Waals surface area contributed by atoms with Gasteiger partial charge in [0.05, 0.1) is 17.3 Å². The number of nitrogens with zero attached hydrogens (tertiary/aromatic N) is 3. The summed E-state index contributed by atoms with van der Waals surface area (Å²) >= 11 is 1.51. The maximum Gasteiger partial charge on any atom is 0.260 e. The minimum absolute atomic E-state index is 0.0792. The molecule has 0 atom stereocenters. The van der Waals surface area contributed by atoms with Crippen molar-refractivity contribution in [1.82, 2.24) is 9.88 Å². The molecule has 176 valence electrons. The van der Waals surface area contributed by atoms with Crippen molar-refractivity contribution in [3.05, 3.63) is 78.4 Å². The molecule has 0 fully saturated rings. The molecule has 1 amide bonds. The van der Waals surface area contributed by atoms with E-state index >= 15 is 0 Å². The van der Waals surface area contributed by atoms with E-state index in [2.05, 4.69) is 18.7 Å². The second-order valence-electron chi connectivity index (χ2n) is 7.75. The summed E-state index contributed by atoms with van der Waals surface area (Å²) in [6, 6.07) is 22.7. The Balaban J connectivity index is 1.59. The zero-order valence-corrected chi connectivity index (χ0v) is 20.5. The van der Waals surface area contributed by atoms with Gasteiger partial charge in [-0.3, -0.25) is 9.69 Å². The van der Waals surface area contributed by atoms with E-state index in [-0.39, 0.29) is 5.91 Å². The van der Waals surface area contributed by atoms with Crippen LogP contribution in [0.15, 0.2) is 72.8 Å². The number of aromatic nitrogens is 1. The topological polar surface area (TPSA) is 54.9 Å². The van der Waals surface area contributed by atoms with Crippen LogP contribution in [0, 0.1) is 0 Å². The second-order valence-corrected chi connectivity index (χ2v) is 8.76. The lowest BCUT2D eigenvalue weighted by atomic mass is 10.2. The van der Waals surface area contributed by atoms with Gasteiger partial charge in [-0.1, -0.05) is 43.4 Å². The number of carbonyl (C=O) groups is 1. The highest BCUT2D eigenvalue weighted by Gasteiger charge is 2.22. The summed E-state index contributed by atoms with van der Waals surface area (Å²) < 4.78 is 12.2. The predicted molar refractivity (Wildman–Crippen MR) is 139 cm³/mol. The first kappa shape index (κ1) is 23.7. The number of thiazole rings is 1. The molecular weight excluding hydrogens is 446 g/mol. The monoisotopic (exact) mass is 475 g/mol. The number of rotatable bonds is 10. The van der Waals surface area contributed by atoms with Gasteiger partial charge in [0.25, 0.3) is 5.91 Å². The van der Waals surface area contributed by atoms with E-state index in [1.165, 1.54) is 11.3 Å². The Morgan fingerprint density at radius 3 is 2.24 bits per heavy atom. The first-order valence-electron chi connectivity index (χ1n) is 11.4. The average Bonchev–Trinajstić information content (AvgIpc) is 3.30. The number of fused-ring (bicyclic) bond motifs is 1. The van der Waals surface area contributed by atoms with E-state index in [1.807, 2.05) is 60.7 Å². The highest BCUT2D eigenvalue weighted by Crippen LogP contribution is 2.32. The van der Waals surface area contributed by atoms with Crippen LogP contribution in [0.4, 0.5) is 5.13 Å². The third-order valence-corrected chi connectivity index (χ3v) is 6.73. The number of anilines is 1. The minimum atomic E-state index is -0.0792. The van der Waals surface area contributed by atoms with E-state index in [0.29, 0.717) is 23.0 Å². The van der Waals surface area contributed by atoms with Crippen LogP contribution in [0.3, 0.4) is 0 Å².